The van der Waals surface area contributed by atoms with Crippen LogP contribution in [0, 0.1) is 11.8 Å². The van der Waals surface area contributed by atoms with E-state index in [4.69, 9.17) is 9.88 Å². The first kappa shape index (κ1) is 33.1. The van der Waals surface area contributed by atoms with Crippen LogP contribution < -0.4 is 10.6 Å². The van der Waals surface area contributed by atoms with Crippen molar-refractivity contribution >= 4 is 40.0 Å². The average Bonchev–Trinajstić information content (AvgIpc) is 3.01. The van der Waals surface area contributed by atoms with E-state index in [1.54, 1.807) is 19.1 Å². The number of allylic oxidation sites excluding steroid dienone is 2. The fourth-order valence-corrected chi connectivity index (χ4v) is 6.78. The van der Waals surface area contributed by atoms with Gasteiger partial charge in [-0.05, 0) is 56.6 Å². The van der Waals surface area contributed by atoms with E-state index < -0.39 is 45.8 Å². The molecule has 0 bridgehead atoms. The van der Waals surface area contributed by atoms with Gasteiger partial charge in [-0.3, -0.25) is 4.79 Å². The van der Waals surface area contributed by atoms with Gasteiger partial charge in [0.2, 0.25) is 10.0 Å². The number of aliphatic hydroxyl groups excluding tert-OH is 1. The lowest BCUT2D eigenvalue weighted by atomic mass is 9.74. The first-order valence-electron chi connectivity index (χ1n) is 14.4. The van der Waals surface area contributed by atoms with Gasteiger partial charge in [-0.2, -0.15) is 5.10 Å². The lowest BCUT2D eigenvalue weighted by molar-refractivity contribution is -0.146. The Morgan fingerprint density at radius 2 is 1.73 bits per heavy atom. The number of sulfonamides is 1. The molecule has 0 spiro atoms. The van der Waals surface area contributed by atoms with E-state index in [1.807, 2.05) is 42.5 Å². The Morgan fingerprint density at radius 3 is 2.43 bits per heavy atom. The Balaban J connectivity index is 0.00000442. The molecule has 0 aromatic heterocycles. The molecule has 1 amide bonds. The molecule has 2 aromatic carbocycles. The summed E-state index contributed by atoms with van der Waals surface area (Å²) in [4.78, 5) is 28.7. The normalized spacial score (nSPS) is 22.0. The number of hydrogen-bond acceptors (Lipinski definition) is 8. The van der Waals surface area contributed by atoms with Crippen molar-refractivity contribution in [3.8, 4) is 0 Å². The van der Waals surface area contributed by atoms with Crippen LogP contribution in [0.3, 0.4) is 0 Å². The number of amides is 1. The molecule has 0 saturated carbocycles. The molecule has 4 unspecified atom stereocenters. The summed E-state index contributed by atoms with van der Waals surface area (Å²) < 4.78 is 30.0. The molecule has 1 fully saturated rings. The van der Waals surface area contributed by atoms with Crippen molar-refractivity contribution in [2.45, 2.75) is 43.1 Å². The highest BCUT2D eigenvalue weighted by Gasteiger charge is 2.43. The van der Waals surface area contributed by atoms with Crippen LogP contribution >= 0.6 is 12.4 Å². The van der Waals surface area contributed by atoms with Crippen molar-refractivity contribution in [2.24, 2.45) is 22.1 Å². The number of likely N-dealkylation sites (tertiary alicyclic amines) is 1. The number of ether oxygens (including phenoxy) is 1. The van der Waals surface area contributed by atoms with Crippen molar-refractivity contribution in [3.05, 3.63) is 101 Å². The molecule has 234 valence electrons. The highest BCUT2D eigenvalue weighted by atomic mass is 35.5. The quantitative estimate of drug-likeness (QED) is 0.211. The number of halogens is 1. The number of primary sulfonamides is 1. The number of aliphatic hydroxyl groups is 1. The average molecular weight is 641 g/mol. The van der Waals surface area contributed by atoms with E-state index in [1.165, 1.54) is 24.3 Å². The fourth-order valence-electron chi connectivity index (χ4n) is 6.05. The van der Waals surface area contributed by atoms with Gasteiger partial charge < -0.3 is 14.7 Å². The number of fused-ring (bicyclic) bond motifs is 1. The lowest BCUT2D eigenvalue weighted by Crippen LogP contribution is -2.43. The second-order valence-corrected chi connectivity index (χ2v) is 12.6. The molecule has 10 nitrogen and oxygen atoms in total. The van der Waals surface area contributed by atoms with Crippen LogP contribution in [-0.2, 0) is 19.6 Å². The first-order chi connectivity index (χ1) is 20.6. The topological polar surface area (TPSA) is 151 Å². The third-order valence-electron chi connectivity index (χ3n) is 8.22. The molecule has 4 atom stereocenters. The standard InChI is InChI=1S/C32H36N4O6S.ClH/c1-21(34-35-31(38)24-15-7-9-17-27(24)43(33,40)41)25(20-36-18-10-3-11-19-36)28(22-12-4-2-5-13-22)29-30(37)23-14-6-8-16-26(23)42-32(29)39;/h2,4-9,12-17,23,25-26,28,37H,3,10-11,18-20H2,1H3,(H,35,38)(H2,33,40,41);1H/b34-21+;. The Kier molecular flexibility index (Phi) is 10.8. The summed E-state index contributed by atoms with van der Waals surface area (Å²) >= 11 is 0. The van der Waals surface area contributed by atoms with Gasteiger partial charge in [0.25, 0.3) is 5.91 Å². The van der Waals surface area contributed by atoms with Gasteiger partial charge in [0.05, 0.1) is 21.9 Å². The summed E-state index contributed by atoms with van der Waals surface area (Å²) in [5.74, 6) is -3.00. The number of nitrogens with zero attached hydrogens (tertiary/aromatic N) is 2. The zero-order valence-corrected chi connectivity index (χ0v) is 26.0. The lowest BCUT2D eigenvalue weighted by Gasteiger charge is -2.38. The van der Waals surface area contributed by atoms with Crippen LogP contribution in [0.25, 0.3) is 0 Å². The van der Waals surface area contributed by atoms with E-state index in [0.29, 0.717) is 12.3 Å². The molecule has 12 heteroatoms. The number of esters is 1. The number of carbonyl (C=O) groups excluding carboxylic acids is 2. The summed E-state index contributed by atoms with van der Waals surface area (Å²) in [6, 6.07) is 15.1. The maximum Gasteiger partial charge on any atom is 0.338 e. The number of nitrogens with one attached hydrogen (secondary N) is 1. The molecule has 3 aliphatic rings. The van der Waals surface area contributed by atoms with Gasteiger partial charge in [0, 0.05) is 24.1 Å². The number of piperidine rings is 1. The smallest absolute Gasteiger partial charge is 0.338 e. The van der Waals surface area contributed by atoms with E-state index in [9.17, 15) is 23.1 Å². The molecule has 5 rings (SSSR count). The molecule has 2 aliphatic heterocycles. The maximum absolute atomic E-state index is 13.6. The summed E-state index contributed by atoms with van der Waals surface area (Å²) in [5, 5.41) is 21.3. The zero-order chi connectivity index (χ0) is 30.6. The van der Waals surface area contributed by atoms with Crippen molar-refractivity contribution in [2.75, 3.05) is 19.6 Å². The van der Waals surface area contributed by atoms with Crippen LogP contribution in [-0.4, -0.2) is 61.8 Å². The molecule has 2 aromatic rings. The number of carbonyl (C=O) groups is 2. The second-order valence-electron chi connectivity index (χ2n) is 11.1. The first-order valence-corrected chi connectivity index (χ1v) is 15.9. The van der Waals surface area contributed by atoms with Crippen LogP contribution in [0.15, 0.2) is 100 Å². The minimum atomic E-state index is -4.15. The van der Waals surface area contributed by atoms with Crippen LogP contribution in [0.4, 0.5) is 0 Å². The molecule has 1 saturated heterocycles. The third kappa shape index (κ3) is 7.29. The fraction of sp³-hybridized carbons (Fsp3) is 0.344. The Labute approximate surface area is 263 Å². The summed E-state index contributed by atoms with van der Waals surface area (Å²) in [6.45, 7) is 4.00. The van der Waals surface area contributed by atoms with E-state index in [-0.39, 0.29) is 34.2 Å². The van der Waals surface area contributed by atoms with Crippen molar-refractivity contribution < 1.29 is 27.9 Å². The van der Waals surface area contributed by atoms with Gasteiger partial charge in [-0.1, -0.05) is 67.1 Å². The molecule has 2 heterocycles. The molecule has 0 radical (unpaired) electrons. The minimum Gasteiger partial charge on any atom is -0.511 e. The van der Waals surface area contributed by atoms with Crippen molar-refractivity contribution in [1.29, 1.82) is 0 Å². The largest absolute Gasteiger partial charge is 0.511 e. The second kappa shape index (κ2) is 14.3. The Morgan fingerprint density at radius 1 is 1.07 bits per heavy atom. The zero-order valence-electron chi connectivity index (χ0n) is 24.3. The van der Waals surface area contributed by atoms with Gasteiger partial charge in [0.1, 0.15) is 11.9 Å². The number of nitrogens with two attached hydrogens (primary N) is 1. The molecule has 1 aliphatic carbocycles. The van der Waals surface area contributed by atoms with Crippen molar-refractivity contribution in [1.82, 2.24) is 10.3 Å². The molecule has 44 heavy (non-hydrogen) atoms. The summed E-state index contributed by atoms with van der Waals surface area (Å²) in [6.07, 6.45) is 9.79. The maximum atomic E-state index is 13.6. The minimum absolute atomic E-state index is 0. The number of hydrogen-bond donors (Lipinski definition) is 3. The monoisotopic (exact) mass is 640 g/mol. The van der Waals surface area contributed by atoms with Gasteiger partial charge in [-0.15, -0.1) is 12.4 Å². The predicted molar refractivity (Wildman–Crippen MR) is 170 cm³/mol. The molecular weight excluding hydrogens is 604 g/mol. The SMILES string of the molecule is C/C(=N\NC(=O)c1ccccc1S(N)(=O)=O)C(CN1CCCCC1)C(C1=C(O)C2C=CC=CC2OC1=O)c1ccccc1.Cl. The van der Waals surface area contributed by atoms with Crippen LogP contribution in [0.1, 0.15) is 48.0 Å². The third-order valence-corrected chi connectivity index (χ3v) is 9.19. The molecular formula is C32H37ClN4O6S. The van der Waals surface area contributed by atoms with Gasteiger partial charge in [0.15, 0.2) is 0 Å². The van der Waals surface area contributed by atoms with Crippen LogP contribution in [0.5, 0.6) is 0 Å². The van der Waals surface area contributed by atoms with Crippen molar-refractivity contribution in [3.63, 3.8) is 0 Å². The number of benzene rings is 2. The van der Waals surface area contributed by atoms with E-state index >= 15 is 0 Å². The van der Waals surface area contributed by atoms with Crippen LogP contribution in [0.2, 0.25) is 0 Å². The molecule has 4 N–H and O–H groups in total. The highest BCUT2D eigenvalue weighted by molar-refractivity contribution is 7.89. The van der Waals surface area contributed by atoms with E-state index in [2.05, 4.69) is 15.4 Å². The summed E-state index contributed by atoms with van der Waals surface area (Å²) in [7, 11) is -4.15. The Hall–Kier alpha value is -3.77. The number of rotatable bonds is 9. The highest BCUT2D eigenvalue weighted by Crippen LogP contribution is 2.42. The van der Waals surface area contributed by atoms with Gasteiger partial charge >= 0.3 is 5.97 Å². The predicted octanol–water partition coefficient (Wildman–Crippen LogP) is 4.23. The Bertz CT molecular complexity index is 1600. The number of hydrazone groups is 1. The van der Waals surface area contributed by atoms with E-state index in [0.717, 1.165) is 37.9 Å². The van der Waals surface area contributed by atoms with Gasteiger partial charge in [-0.25, -0.2) is 23.8 Å². The summed E-state index contributed by atoms with van der Waals surface area (Å²) in [5.41, 5.74) is 3.82.